The van der Waals surface area contributed by atoms with Crippen molar-refractivity contribution in [1.82, 2.24) is 4.90 Å². The first-order chi connectivity index (χ1) is 9.15. The number of methoxy groups -OCH3 is 1. The van der Waals surface area contributed by atoms with Crippen LogP contribution in [0.15, 0.2) is 24.3 Å². The lowest BCUT2D eigenvalue weighted by atomic mass is 9.98. The number of ether oxygens (including phenoxy) is 1. The van der Waals surface area contributed by atoms with Gasteiger partial charge in [0.05, 0.1) is 6.10 Å². The Hall–Kier alpha value is -1.59. The molecule has 2 unspecified atom stereocenters. The van der Waals surface area contributed by atoms with Gasteiger partial charge in [-0.1, -0.05) is 6.07 Å². The minimum absolute atomic E-state index is 0.00597. The second kappa shape index (κ2) is 6.04. The van der Waals surface area contributed by atoms with E-state index in [2.05, 4.69) is 0 Å². The number of phenolic OH excluding ortho intramolecular Hbond substituents is 1. The molecule has 0 aromatic heterocycles. The molecule has 2 rings (SSSR count). The average molecular weight is 264 g/mol. The third-order valence-corrected chi connectivity index (χ3v) is 3.63. The molecular formula is C14H20N2O3. The predicted octanol–water partition coefficient (Wildman–Crippen LogP) is 0.971. The SMILES string of the molecule is COC1CCN(C(=O)c2cccc(O)c2)C(CN)C1. The third kappa shape index (κ3) is 3.05. The second-order valence-corrected chi connectivity index (χ2v) is 4.82. The molecule has 1 aromatic rings. The first-order valence-corrected chi connectivity index (χ1v) is 6.48. The van der Waals surface area contributed by atoms with Gasteiger partial charge < -0.3 is 20.5 Å². The molecule has 1 fully saturated rings. The number of rotatable bonds is 3. The summed E-state index contributed by atoms with van der Waals surface area (Å²) >= 11 is 0. The minimum atomic E-state index is -0.0825. The van der Waals surface area contributed by atoms with Crippen LogP contribution in [0.5, 0.6) is 5.75 Å². The van der Waals surface area contributed by atoms with E-state index in [-0.39, 0.29) is 23.8 Å². The molecule has 104 valence electrons. The van der Waals surface area contributed by atoms with E-state index in [0.29, 0.717) is 18.7 Å². The molecule has 1 saturated heterocycles. The fraction of sp³-hybridized carbons (Fsp3) is 0.500. The van der Waals surface area contributed by atoms with Crippen molar-refractivity contribution in [1.29, 1.82) is 0 Å². The lowest BCUT2D eigenvalue weighted by molar-refractivity contribution is 0.0139. The lowest BCUT2D eigenvalue weighted by Gasteiger charge is -2.38. The summed E-state index contributed by atoms with van der Waals surface area (Å²) < 4.78 is 5.34. The molecule has 5 nitrogen and oxygen atoms in total. The van der Waals surface area contributed by atoms with E-state index in [9.17, 15) is 9.90 Å². The van der Waals surface area contributed by atoms with Crippen LogP contribution in [0.1, 0.15) is 23.2 Å². The van der Waals surface area contributed by atoms with Gasteiger partial charge in [-0.15, -0.1) is 0 Å². The number of carbonyl (C=O) groups excluding carboxylic acids is 1. The van der Waals surface area contributed by atoms with Crippen LogP contribution in [0, 0.1) is 0 Å². The summed E-state index contributed by atoms with van der Waals surface area (Å²) in [7, 11) is 1.69. The maximum absolute atomic E-state index is 12.4. The summed E-state index contributed by atoms with van der Waals surface area (Å²) in [4.78, 5) is 14.2. The number of hydrogen-bond acceptors (Lipinski definition) is 4. The summed E-state index contributed by atoms with van der Waals surface area (Å²) in [5.41, 5.74) is 6.25. The van der Waals surface area contributed by atoms with Gasteiger partial charge in [-0.05, 0) is 31.0 Å². The molecule has 2 atom stereocenters. The van der Waals surface area contributed by atoms with Crippen LogP contribution in [-0.4, -0.2) is 48.3 Å². The van der Waals surface area contributed by atoms with Crippen LogP contribution in [0.25, 0.3) is 0 Å². The number of nitrogens with zero attached hydrogens (tertiary/aromatic N) is 1. The monoisotopic (exact) mass is 264 g/mol. The molecule has 3 N–H and O–H groups in total. The van der Waals surface area contributed by atoms with Crippen LogP contribution >= 0.6 is 0 Å². The number of amides is 1. The number of piperidine rings is 1. The molecule has 0 spiro atoms. The average Bonchev–Trinajstić information content (AvgIpc) is 2.45. The van der Waals surface area contributed by atoms with E-state index < -0.39 is 0 Å². The molecule has 1 aliphatic rings. The molecule has 1 aliphatic heterocycles. The van der Waals surface area contributed by atoms with E-state index in [1.165, 1.54) is 6.07 Å². The van der Waals surface area contributed by atoms with Crippen molar-refractivity contribution >= 4 is 5.91 Å². The topological polar surface area (TPSA) is 75.8 Å². The maximum atomic E-state index is 12.4. The summed E-state index contributed by atoms with van der Waals surface area (Å²) in [5.74, 6) is 0.0165. The third-order valence-electron chi connectivity index (χ3n) is 3.63. The highest BCUT2D eigenvalue weighted by molar-refractivity contribution is 5.94. The molecule has 0 radical (unpaired) electrons. The Bertz CT molecular complexity index is 450. The number of carbonyl (C=O) groups is 1. The van der Waals surface area contributed by atoms with Crippen molar-refractivity contribution in [2.45, 2.75) is 25.0 Å². The maximum Gasteiger partial charge on any atom is 0.254 e. The highest BCUT2D eigenvalue weighted by atomic mass is 16.5. The number of aromatic hydroxyl groups is 1. The van der Waals surface area contributed by atoms with Gasteiger partial charge in [0.2, 0.25) is 0 Å². The van der Waals surface area contributed by atoms with Crippen molar-refractivity contribution in [2.24, 2.45) is 5.73 Å². The smallest absolute Gasteiger partial charge is 0.254 e. The van der Waals surface area contributed by atoms with Gasteiger partial charge in [-0.3, -0.25) is 4.79 Å². The Morgan fingerprint density at radius 1 is 1.58 bits per heavy atom. The number of phenols is 1. The minimum Gasteiger partial charge on any atom is -0.508 e. The van der Waals surface area contributed by atoms with Gasteiger partial charge in [0, 0.05) is 31.8 Å². The molecule has 0 saturated carbocycles. The van der Waals surface area contributed by atoms with Crippen molar-refractivity contribution in [3.63, 3.8) is 0 Å². The Balaban J connectivity index is 2.14. The number of hydrogen-bond donors (Lipinski definition) is 2. The molecule has 1 amide bonds. The summed E-state index contributed by atoms with van der Waals surface area (Å²) in [5, 5.41) is 9.45. The Kier molecular flexibility index (Phi) is 4.39. The molecule has 1 heterocycles. The highest BCUT2D eigenvalue weighted by Gasteiger charge is 2.31. The zero-order valence-electron chi connectivity index (χ0n) is 11.1. The van der Waals surface area contributed by atoms with E-state index in [4.69, 9.17) is 10.5 Å². The van der Waals surface area contributed by atoms with Gasteiger partial charge in [0.1, 0.15) is 5.75 Å². The molecule has 1 aromatic carbocycles. The van der Waals surface area contributed by atoms with E-state index >= 15 is 0 Å². The fourth-order valence-corrected chi connectivity index (χ4v) is 2.52. The van der Waals surface area contributed by atoms with Crippen molar-refractivity contribution in [2.75, 3.05) is 20.2 Å². The van der Waals surface area contributed by atoms with Crippen LogP contribution in [0.3, 0.4) is 0 Å². The van der Waals surface area contributed by atoms with Gasteiger partial charge in [-0.2, -0.15) is 0 Å². The van der Waals surface area contributed by atoms with Crippen LogP contribution < -0.4 is 5.73 Å². The second-order valence-electron chi connectivity index (χ2n) is 4.82. The summed E-state index contributed by atoms with van der Waals surface area (Å²) in [6, 6.07) is 6.40. The van der Waals surface area contributed by atoms with Crippen molar-refractivity contribution < 1.29 is 14.6 Å². The number of benzene rings is 1. The fourth-order valence-electron chi connectivity index (χ4n) is 2.52. The normalized spacial score (nSPS) is 23.4. The van der Waals surface area contributed by atoms with Crippen LogP contribution in [0.4, 0.5) is 0 Å². The lowest BCUT2D eigenvalue weighted by Crippen LogP contribution is -2.51. The van der Waals surface area contributed by atoms with Crippen molar-refractivity contribution in [3.05, 3.63) is 29.8 Å². The van der Waals surface area contributed by atoms with E-state index in [1.807, 2.05) is 0 Å². The van der Waals surface area contributed by atoms with Crippen LogP contribution in [0.2, 0.25) is 0 Å². The Labute approximate surface area is 113 Å². The van der Waals surface area contributed by atoms with Crippen LogP contribution in [-0.2, 0) is 4.74 Å². The van der Waals surface area contributed by atoms with Gasteiger partial charge in [-0.25, -0.2) is 0 Å². The first-order valence-electron chi connectivity index (χ1n) is 6.48. The zero-order chi connectivity index (χ0) is 13.8. The predicted molar refractivity (Wildman–Crippen MR) is 72.0 cm³/mol. The molecule has 0 aliphatic carbocycles. The van der Waals surface area contributed by atoms with Gasteiger partial charge in [0.25, 0.3) is 5.91 Å². The highest BCUT2D eigenvalue weighted by Crippen LogP contribution is 2.22. The van der Waals surface area contributed by atoms with Gasteiger partial charge >= 0.3 is 0 Å². The summed E-state index contributed by atoms with van der Waals surface area (Å²) in [6.07, 6.45) is 1.75. The first kappa shape index (κ1) is 13.8. The zero-order valence-corrected chi connectivity index (χ0v) is 11.1. The summed E-state index contributed by atoms with van der Waals surface area (Å²) in [6.45, 7) is 1.05. The number of likely N-dealkylation sites (tertiary alicyclic amines) is 1. The quantitative estimate of drug-likeness (QED) is 0.853. The molecule has 19 heavy (non-hydrogen) atoms. The molecule has 5 heteroatoms. The number of nitrogens with two attached hydrogens (primary N) is 1. The molecule has 0 bridgehead atoms. The van der Waals surface area contributed by atoms with E-state index in [1.54, 1.807) is 30.2 Å². The van der Waals surface area contributed by atoms with Gasteiger partial charge in [0.15, 0.2) is 0 Å². The Morgan fingerprint density at radius 2 is 2.37 bits per heavy atom. The Morgan fingerprint density at radius 3 is 3.00 bits per heavy atom. The standard InChI is InChI=1S/C14H20N2O3/c1-19-13-5-6-16(11(8-13)9-15)14(18)10-3-2-4-12(17)7-10/h2-4,7,11,13,17H,5-6,8-9,15H2,1H3. The van der Waals surface area contributed by atoms with Crippen molar-refractivity contribution in [3.8, 4) is 5.75 Å². The largest absolute Gasteiger partial charge is 0.508 e. The van der Waals surface area contributed by atoms with E-state index in [0.717, 1.165) is 12.8 Å². The molecular weight excluding hydrogens is 244 g/mol.